The van der Waals surface area contributed by atoms with Gasteiger partial charge in [-0.1, -0.05) is 24.3 Å². The zero-order valence-electron chi connectivity index (χ0n) is 20.2. The minimum Gasteiger partial charge on any atom is -0.406 e. The Hall–Kier alpha value is -3.82. The Morgan fingerprint density at radius 3 is 2.27 bits per heavy atom. The summed E-state index contributed by atoms with van der Waals surface area (Å²) in [6.07, 6.45) is 1.06. The number of piperidine rings is 1. The van der Waals surface area contributed by atoms with Crippen LogP contribution in [0.25, 0.3) is 6.08 Å². The highest BCUT2D eigenvalue weighted by Gasteiger charge is 2.31. The zero-order valence-corrected chi connectivity index (χ0v) is 20.2. The van der Waals surface area contributed by atoms with Crippen LogP contribution in [-0.4, -0.2) is 60.1 Å². The summed E-state index contributed by atoms with van der Waals surface area (Å²) < 4.78 is 40.5. The molecule has 0 spiro atoms. The molecule has 1 N–H and O–H groups in total. The zero-order chi connectivity index (χ0) is 26.4. The fraction of sp³-hybridized carbons (Fsp3) is 0.370. The normalized spacial score (nSPS) is 16.9. The Labute approximate surface area is 212 Å². The van der Waals surface area contributed by atoms with Gasteiger partial charge in [0.1, 0.15) is 5.75 Å². The van der Waals surface area contributed by atoms with Crippen molar-refractivity contribution in [1.82, 2.24) is 9.80 Å². The number of likely N-dealkylation sites (tertiary alicyclic amines) is 2. The fourth-order valence-electron chi connectivity index (χ4n) is 4.57. The molecule has 10 heteroatoms. The Kier molecular flexibility index (Phi) is 8.15. The quantitative estimate of drug-likeness (QED) is 0.549. The van der Waals surface area contributed by atoms with Gasteiger partial charge < -0.3 is 19.9 Å². The SMILES string of the molecule is O=C(/C=C/c1ccc(OC(F)(F)F)cc1)Nc1ccc(C2CCN(C(=O)CN3CCCC3=O)CC2)cc1. The van der Waals surface area contributed by atoms with Crippen LogP contribution in [0.2, 0.25) is 0 Å². The van der Waals surface area contributed by atoms with Crippen molar-refractivity contribution in [3.8, 4) is 5.75 Å². The molecular weight excluding hydrogens is 487 g/mol. The van der Waals surface area contributed by atoms with E-state index in [0.29, 0.717) is 43.2 Å². The summed E-state index contributed by atoms with van der Waals surface area (Å²) in [5.74, 6) is -0.326. The van der Waals surface area contributed by atoms with E-state index in [1.807, 2.05) is 29.2 Å². The number of hydrogen-bond donors (Lipinski definition) is 1. The van der Waals surface area contributed by atoms with E-state index in [0.717, 1.165) is 24.8 Å². The van der Waals surface area contributed by atoms with Crippen molar-refractivity contribution >= 4 is 29.5 Å². The maximum Gasteiger partial charge on any atom is 0.573 e. The van der Waals surface area contributed by atoms with Crippen LogP contribution in [0.4, 0.5) is 18.9 Å². The number of rotatable bonds is 7. The molecule has 0 atom stereocenters. The molecule has 0 radical (unpaired) electrons. The molecule has 3 amide bonds. The number of anilines is 1. The average Bonchev–Trinajstić information content (AvgIpc) is 3.27. The molecule has 2 aromatic rings. The first-order chi connectivity index (χ1) is 17.7. The second-order valence-corrected chi connectivity index (χ2v) is 9.14. The predicted octanol–water partition coefficient (Wildman–Crippen LogP) is 4.57. The van der Waals surface area contributed by atoms with Crippen molar-refractivity contribution in [3.05, 3.63) is 65.7 Å². The lowest BCUT2D eigenvalue weighted by Crippen LogP contribution is -2.44. The number of ether oxygens (including phenoxy) is 1. The van der Waals surface area contributed by atoms with Gasteiger partial charge in [-0.05, 0) is 66.6 Å². The van der Waals surface area contributed by atoms with E-state index in [-0.39, 0.29) is 30.0 Å². The summed E-state index contributed by atoms with van der Waals surface area (Å²) >= 11 is 0. The number of nitrogens with zero attached hydrogens (tertiary/aromatic N) is 2. The molecule has 0 aliphatic carbocycles. The van der Waals surface area contributed by atoms with Crippen molar-refractivity contribution in [2.75, 3.05) is 31.5 Å². The Morgan fingerprint density at radius 1 is 1.00 bits per heavy atom. The third-order valence-electron chi connectivity index (χ3n) is 6.54. The van der Waals surface area contributed by atoms with Crippen LogP contribution in [0.15, 0.2) is 54.6 Å². The van der Waals surface area contributed by atoms with Gasteiger partial charge in [-0.2, -0.15) is 0 Å². The summed E-state index contributed by atoms with van der Waals surface area (Å²) in [6, 6.07) is 12.8. The molecule has 2 aliphatic rings. The van der Waals surface area contributed by atoms with Gasteiger partial charge in [-0.15, -0.1) is 13.2 Å². The molecule has 196 valence electrons. The molecule has 2 aromatic carbocycles. The Morgan fingerprint density at radius 2 is 1.68 bits per heavy atom. The third kappa shape index (κ3) is 7.58. The summed E-state index contributed by atoms with van der Waals surface area (Å²) in [4.78, 5) is 40.0. The van der Waals surface area contributed by atoms with Crippen LogP contribution in [0.3, 0.4) is 0 Å². The van der Waals surface area contributed by atoms with Crippen molar-refractivity contribution in [1.29, 1.82) is 0 Å². The van der Waals surface area contributed by atoms with Gasteiger partial charge in [0.15, 0.2) is 0 Å². The van der Waals surface area contributed by atoms with Crippen LogP contribution < -0.4 is 10.1 Å². The number of hydrogen-bond acceptors (Lipinski definition) is 4. The van der Waals surface area contributed by atoms with E-state index in [1.54, 1.807) is 4.90 Å². The van der Waals surface area contributed by atoms with Crippen molar-refractivity contribution in [2.24, 2.45) is 0 Å². The van der Waals surface area contributed by atoms with E-state index in [9.17, 15) is 27.6 Å². The Bertz CT molecular complexity index is 1140. The largest absolute Gasteiger partial charge is 0.573 e. The molecular formula is C27H28F3N3O4. The van der Waals surface area contributed by atoms with Crippen LogP contribution in [0, 0.1) is 0 Å². The second-order valence-electron chi connectivity index (χ2n) is 9.14. The van der Waals surface area contributed by atoms with Crippen LogP contribution >= 0.6 is 0 Å². The smallest absolute Gasteiger partial charge is 0.406 e. The van der Waals surface area contributed by atoms with E-state index < -0.39 is 6.36 Å². The average molecular weight is 516 g/mol. The molecule has 2 aliphatic heterocycles. The van der Waals surface area contributed by atoms with E-state index in [1.165, 1.54) is 36.4 Å². The minimum absolute atomic E-state index is 0.00500. The number of halogens is 3. The van der Waals surface area contributed by atoms with Crippen molar-refractivity contribution < 1.29 is 32.3 Å². The molecule has 2 saturated heterocycles. The lowest BCUT2D eigenvalue weighted by Gasteiger charge is -2.33. The molecule has 0 aromatic heterocycles. The van der Waals surface area contributed by atoms with Gasteiger partial charge in [0.05, 0.1) is 6.54 Å². The lowest BCUT2D eigenvalue weighted by molar-refractivity contribution is -0.274. The maximum atomic E-state index is 12.5. The van der Waals surface area contributed by atoms with Gasteiger partial charge in [-0.3, -0.25) is 14.4 Å². The molecule has 0 bridgehead atoms. The summed E-state index contributed by atoms with van der Waals surface area (Å²) in [6.45, 7) is 2.13. The number of benzene rings is 2. The van der Waals surface area contributed by atoms with E-state index in [2.05, 4.69) is 10.1 Å². The maximum absolute atomic E-state index is 12.5. The highest BCUT2D eigenvalue weighted by molar-refractivity contribution is 6.01. The minimum atomic E-state index is -4.75. The van der Waals surface area contributed by atoms with Crippen LogP contribution in [0.5, 0.6) is 5.75 Å². The molecule has 4 rings (SSSR count). The van der Waals surface area contributed by atoms with Gasteiger partial charge >= 0.3 is 6.36 Å². The molecule has 2 heterocycles. The molecule has 2 fully saturated rings. The highest BCUT2D eigenvalue weighted by atomic mass is 19.4. The van der Waals surface area contributed by atoms with Gasteiger partial charge in [0.2, 0.25) is 17.7 Å². The lowest BCUT2D eigenvalue weighted by atomic mass is 9.89. The number of carbonyl (C=O) groups excluding carboxylic acids is 3. The van der Waals surface area contributed by atoms with E-state index >= 15 is 0 Å². The van der Waals surface area contributed by atoms with Gasteiger partial charge in [0, 0.05) is 37.8 Å². The fourth-order valence-corrected chi connectivity index (χ4v) is 4.57. The van der Waals surface area contributed by atoms with Crippen LogP contribution in [0.1, 0.15) is 42.7 Å². The Balaban J connectivity index is 1.23. The first kappa shape index (κ1) is 26.2. The topological polar surface area (TPSA) is 79.0 Å². The number of carbonyl (C=O) groups is 3. The summed E-state index contributed by atoms with van der Waals surface area (Å²) in [5.41, 5.74) is 2.31. The second kappa shape index (κ2) is 11.5. The summed E-state index contributed by atoms with van der Waals surface area (Å²) in [5, 5.41) is 2.76. The van der Waals surface area contributed by atoms with Gasteiger partial charge in [-0.25, -0.2) is 0 Å². The first-order valence-corrected chi connectivity index (χ1v) is 12.2. The van der Waals surface area contributed by atoms with Crippen molar-refractivity contribution in [3.63, 3.8) is 0 Å². The van der Waals surface area contributed by atoms with E-state index in [4.69, 9.17) is 0 Å². The highest BCUT2D eigenvalue weighted by Crippen LogP contribution is 2.29. The first-order valence-electron chi connectivity index (χ1n) is 12.2. The molecule has 0 unspecified atom stereocenters. The monoisotopic (exact) mass is 515 g/mol. The number of alkyl halides is 3. The predicted molar refractivity (Wildman–Crippen MR) is 132 cm³/mol. The van der Waals surface area contributed by atoms with Crippen LogP contribution in [-0.2, 0) is 14.4 Å². The molecule has 37 heavy (non-hydrogen) atoms. The summed E-state index contributed by atoms with van der Waals surface area (Å²) in [7, 11) is 0. The molecule has 0 saturated carbocycles. The number of nitrogens with one attached hydrogen (secondary N) is 1. The number of amides is 3. The molecule has 7 nitrogen and oxygen atoms in total. The van der Waals surface area contributed by atoms with Crippen molar-refractivity contribution in [2.45, 2.75) is 38.0 Å². The third-order valence-corrected chi connectivity index (χ3v) is 6.54. The standard InChI is InChI=1S/C27H28F3N3O4/c28-27(29,30)37-23-10-3-19(4-11-23)5-12-24(34)31-22-8-6-20(7-9-22)21-13-16-32(17-14-21)26(36)18-33-15-1-2-25(33)35/h3-12,21H,1-2,13-18H2,(H,31,34)/b12-5+. The van der Waals surface area contributed by atoms with Gasteiger partial charge in [0.25, 0.3) is 0 Å².